The highest BCUT2D eigenvalue weighted by molar-refractivity contribution is 5.15. The van der Waals surface area contributed by atoms with Crippen LogP contribution < -0.4 is 5.32 Å². The van der Waals surface area contributed by atoms with Gasteiger partial charge in [0.1, 0.15) is 0 Å². The van der Waals surface area contributed by atoms with Crippen LogP contribution in [0.4, 0.5) is 0 Å². The van der Waals surface area contributed by atoms with Gasteiger partial charge in [-0.25, -0.2) is 0 Å². The molecule has 108 valence electrons. The van der Waals surface area contributed by atoms with Crippen LogP contribution >= 0.6 is 0 Å². The van der Waals surface area contributed by atoms with Crippen molar-refractivity contribution in [2.75, 3.05) is 19.6 Å². The molecule has 1 aliphatic rings. The molecule has 0 spiro atoms. The van der Waals surface area contributed by atoms with Gasteiger partial charge in [-0.2, -0.15) is 5.10 Å². The summed E-state index contributed by atoms with van der Waals surface area (Å²) in [5.74, 6) is 0. The molecule has 2 heterocycles. The van der Waals surface area contributed by atoms with E-state index in [4.69, 9.17) is 0 Å². The van der Waals surface area contributed by atoms with Crippen molar-refractivity contribution in [3.8, 4) is 0 Å². The van der Waals surface area contributed by atoms with Crippen molar-refractivity contribution in [1.29, 1.82) is 0 Å². The molecule has 1 aromatic rings. The molecule has 1 aromatic heterocycles. The highest BCUT2D eigenvalue weighted by atomic mass is 15.3. The molecule has 0 aliphatic carbocycles. The molecule has 2 rings (SSSR count). The van der Waals surface area contributed by atoms with Crippen LogP contribution in [0.3, 0.4) is 0 Å². The maximum absolute atomic E-state index is 4.45. The highest BCUT2D eigenvalue weighted by Crippen LogP contribution is 2.13. The van der Waals surface area contributed by atoms with Crippen LogP contribution in [0.2, 0.25) is 0 Å². The molecule has 1 aliphatic heterocycles. The zero-order chi connectivity index (χ0) is 13.7. The molecule has 1 N–H and O–H groups in total. The highest BCUT2D eigenvalue weighted by Gasteiger charge is 2.17. The third-order valence-corrected chi connectivity index (χ3v) is 3.94. The van der Waals surface area contributed by atoms with E-state index >= 15 is 0 Å². The number of aromatic nitrogens is 2. The Morgan fingerprint density at radius 2 is 2.32 bits per heavy atom. The van der Waals surface area contributed by atoms with E-state index in [2.05, 4.69) is 35.4 Å². The van der Waals surface area contributed by atoms with Crippen molar-refractivity contribution in [3.05, 3.63) is 17.5 Å². The van der Waals surface area contributed by atoms with Gasteiger partial charge >= 0.3 is 0 Å². The Labute approximate surface area is 117 Å². The van der Waals surface area contributed by atoms with Gasteiger partial charge in [0, 0.05) is 37.9 Å². The van der Waals surface area contributed by atoms with E-state index in [1.807, 2.05) is 11.7 Å². The quantitative estimate of drug-likeness (QED) is 0.854. The van der Waals surface area contributed by atoms with Crippen LogP contribution in [-0.4, -0.2) is 40.4 Å². The van der Waals surface area contributed by atoms with Gasteiger partial charge in [0.25, 0.3) is 0 Å². The van der Waals surface area contributed by atoms with Crippen LogP contribution in [0, 0.1) is 6.92 Å². The minimum absolute atomic E-state index is 0.678. The summed E-state index contributed by atoms with van der Waals surface area (Å²) in [6, 6.07) is 0.678. The van der Waals surface area contributed by atoms with Crippen LogP contribution in [0.15, 0.2) is 6.20 Å². The lowest BCUT2D eigenvalue weighted by molar-refractivity contribution is 0.217. The van der Waals surface area contributed by atoms with Gasteiger partial charge in [0.2, 0.25) is 0 Å². The van der Waals surface area contributed by atoms with Crippen LogP contribution in [0.5, 0.6) is 0 Å². The minimum atomic E-state index is 0.678. The molecule has 0 amide bonds. The van der Waals surface area contributed by atoms with Gasteiger partial charge < -0.3 is 5.32 Å². The molecule has 4 heteroatoms. The Hall–Kier alpha value is -0.870. The van der Waals surface area contributed by atoms with E-state index in [0.29, 0.717) is 6.04 Å². The van der Waals surface area contributed by atoms with Gasteiger partial charge in [0.05, 0.1) is 5.69 Å². The topological polar surface area (TPSA) is 33.1 Å². The lowest BCUT2D eigenvalue weighted by Gasteiger charge is -2.30. The van der Waals surface area contributed by atoms with Crippen molar-refractivity contribution in [2.45, 2.75) is 52.1 Å². The summed E-state index contributed by atoms with van der Waals surface area (Å²) in [6.45, 7) is 8.94. The lowest BCUT2D eigenvalue weighted by Crippen LogP contribution is -2.43. The number of hydrogen-bond donors (Lipinski definition) is 1. The van der Waals surface area contributed by atoms with Crippen LogP contribution in [0.25, 0.3) is 0 Å². The number of rotatable bonds is 6. The molecule has 0 bridgehead atoms. The number of nitrogens with zero attached hydrogens (tertiary/aromatic N) is 3. The maximum atomic E-state index is 4.45. The second kappa shape index (κ2) is 7.06. The molecule has 1 atom stereocenters. The second-order valence-corrected chi connectivity index (χ2v) is 5.80. The number of piperidine rings is 1. The van der Waals surface area contributed by atoms with E-state index in [9.17, 15) is 0 Å². The van der Waals surface area contributed by atoms with Crippen molar-refractivity contribution in [3.63, 3.8) is 0 Å². The summed E-state index contributed by atoms with van der Waals surface area (Å²) in [7, 11) is 2.00. The first-order valence-corrected chi connectivity index (χ1v) is 7.64. The van der Waals surface area contributed by atoms with Crippen molar-refractivity contribution in [1.82, 2.24) is 20.0 Å². The largest absolute Gasteiger partial charge is 0.313 e. The second-order valence-electron chi connectivity index (χ2n) is 5.80. The van der Waals surface area contributed by atoms with Crippen LogP contribution in [0.1, 0.15) is 43.9 Å². The third-order valence-electron chi connectivity index (χ3n) is 3.94. The fourth-order valence-corrected chi connectivity index (χ4v) is 2.99. The molecule has 4 nitrogen and oxygen atoms in total. The van der Waals surface area contributed by atoms with Crippen molar-refractivity contribution in [2.24, 2.45) is 7.05 Å². The maximum Gasteiger partial charge on any atom is 0.0638 e. The standard InChI is InChI=1S/C15H28N4/c1-4-9-19(12-15-7-5-6-8-16-15)11-14-10-18(3)17-13(14)2/h10,15-16H,4-9,11-12H2,1-3H3. The summed E-state index contributed by atoms with van der Waals surface area (Å²) >= 11 is 0. The van der Waals surface area contributed by atoms with Gasteiger partial charge in [-0.05, 0) is 39.3 Å². The average molecular weight is 264 g/mol. The number of hydrogen-bond acceptors (Lipinski definition) is 3. The predicted molar refractivity (Wildman–Crippen MR) is 79.2 cm³/mol. The predicted octanol–water partition coefficient (Wildman–Crippen LogP) is 2.08. The summed E-state index contributed by atoms with van der Waals surface area (Å²) < 4.78 is 1.92. The van der Waals surface area contributed by atoms with Gasteiger partial charge in [-0.3, -0.25) is 9.58 Å². The van der Waals surface area contributed by atoms with E-state index in [1.165, 1.54) is 56.6 Å². The van der Waals surface area contributed by atoms with E-state index < -0.39 is 0 Å². The lowest BCUT2D eigenvalue weighted by atomic mass is 10.0. The van der Waals surface area contributed by atoms with E-state index in [1.54, 1.807) is 0 Å². The molecule has 1 fully saturated rings. The van der Waals surface area contributed by atoms with E-state index in [-0.39, 0.29) is 0 Å². The van der Waals surface area contributed by atoms with Gasteiger partial charge in [-0.15, -0.1) is 0 Å². The SMILES string of the molecule is CCCN(Cc1cn(C)nc1C)CC1CCCCN1. The molecule has 19 heavy (non-hydrogen) atoms. The van der Waals surface area contributed by atoms with Crippen molar-refractivity contribution < 1.29 is 0 Å². The summed E-state index contributed by atoms with van der Waals surface area (Å²) in [5.41, 5.74) is 2.53. The Balaban J connectivity index is 1.93. The molecule has 1 saturated heterocycles. The smallest absolute Gasteiger partial charge is 0.0638 e. The fraction of sp³-hybridized carbons (Fsp3) is 0.800. The van der Waals surface area contributed by atoms with Crippen molar-refractivity contribution >= 4 is 0 Å². The Kier molecular flexibility index (Phi) is 5.40. The van der Waals surface area contributed by atoms with Gasteiger partial charge in [0.15, 0.2) is 0 Å². The Bertz CT molecular complexity index is 379. The number of aryl methyl sites for hydroxylation is 2. The summed E-state index contributed by atoms with van der Waals surface area (Å²) in [5, 5.41) is 8.10. The van der Waals surface area contributed by atoms with Crippen LogP contribution in [-0.2, 0) is 13.6 Å². The summed E-state index contributed by atoms with van der Waals surface area (Å²) in [4.78, 5) is 2.58. The zero-order valence-corrected chi connectivity index (χ0v) is 12.7. The first kappa shape index (κ1) is 14.5. The normalized spacial score (nSPS) is 20.1. The minimum Gasteiger partial charge on any atom is -0.313 e. The zero-order valence-electron chi connectivity index (χ0n) is 12.7. The molecule has 0 radical (unpaired) electrons. The molecule has 0 saturated carbocycles. The van der Waals surface area contributed by atoms with Gasteiger partial charge in [-0.1, -0.05) is 13.3 Å². The fourth-order valence-electron chi connectivity index (χ4n) is 2.99. The molecular weight excluding hydrogens is 236 g/mol. The summed E-state index contributed by atoms with van der Waals surface area (Å²) in [6.07, 6.45) is 7.42. The monoisotopic (exact) mass is 264 g/mol. The Morgan fingerprint density at radius 3 is 2.89 bits per heavy atom. The Morgan fingerprint density at radius 1 is 1.47 bits per heavy atom. The molecular formula is C15H28N4. The molecule has 0 aromatic carbocycles. The average Bonchev–Trinajstić information content (AvgIpc) is 2.69. The third kappa shape index (κ3) is 4.32. The first-order chi connectivity index (χ1) is 9.19. The molecule has 1 unspecified atom stereocenters. The first-order valence-electron chi connectivity index (χ1n) is 7.64. The van der Waals surface area contributed by atoms with E-state index in [0.717, 1.165) is 6.54 Å². The number of nitrogens with one attached hydrogen (secondary N) is 1.